The van der Waals surface area contributed by atoms with Crippen molar-refractivity contribution in [1.29, 1.82) is 0 Å². The summed E-state index contributed by atoms with van der Waals surface area (Å²) in [6.07, 6.45) is 1.63. The SMILES string of the molecule is C=C(C)C(N)=NCCC[N+](C)(C)CCCS(=C)(=O)O. The van der Waals surface area contributed by atoms with Gasteiger partial charge in [0.25, 0.3) is 0 Å². The first-order valence-electron chi connectivity index (χ1n) is 6.39. The number of hydrogen-bond acceptors (Lipinski definition) is 2. The van der Waals surface area contributed by atoms with Gasteiger partial charge in [0.1, 0.15) is 5.84 Å². The fourth-order valence-corrected chi connectivity index (χ4v) is 2.24. The lowest BCUT2D eigenvalue weighted by molar-refractivity contribution is -0.890. The van der Waals surface area contributed by atoms with E-state index in [4.69, 9.17) is 10.3 Å². The second kappa shape index (κ2) is 7.67. The van der Waals surface area contributed by atoms with Gasteiger partial charge in [0.15, 0.2) is 0 Å². The Morgan fingerprint density at radius 2 is 1.89 bits per heavy atom. The molecule has 1 unspecified atom stereocenters. The van der Waals surface area contributed by atoms with E-state index in [-0.39, 0.29) is 5.75 Å². The van der Waals surface area contributed by atoms with Gasteiger partial charge in [0, 0.05) is 25.1 Å². The quantitative estimate of drug-likeness (QED) is 0.218. The molecule has 0 aromatic rings. The summed E-state index contributed by atoms with van der Waals surface area (Å²) >= 11 is 0. The molecule has 112 valence electrons. The molecule has 6 heteroatoms. The van der Waals surface area contributed by atoms with Gasteiger partial charge < -0.3 is 14.8 Å². The zero-order valence-electron chi connectivity index (χ0n) is 12.4. The average Bonchev–Trinajstić information content (AvgIpc) is 2.21. The van der Waals surface area contributed by atoms with Gasteiger partial charge in [-0.1, -0.05) is 6.58 Å². The molecule has 0 aliphatic rings. The third-order valence-corrected chi connectivity index (χ3v) is 3.79. The molecule has 1 atom stereocenters. The van der Waals surface area contributed by atoms with E-state index >= 15 is 0 Å². The number of nitrogens with zero attached hydrogens (tertiary/aromatic N) is 2. The molecule has 0 aliphatic heterocycles. The van der Waals surface area contributed by atoms with E-state index in [0.717, 1.165) is 29.6 Å². The third-order valence-electron chi connectivity index (χ3n) is 2.87. The van der Waals surface area contributed by atoms with Crippen molar-refractivity contribution >= 4 is 21.5 Å². The Morgan fingerprint density at radius 3 is 2.37 bits per heavy atom. The summed E-state index contributed by atoms with van der Waals surface area (Å²) in [5, 5.41) is 0. The Kier molecular flexibility index (Phi) is 7.33. The highest BCUT2D eigenvalue weighted by molar-refractivity contribution is 7.95. The number of aliphatic imine (C=N–C) groups is 1. The van der Waals surface area contributed by atoms with E-state index in [0.29, 0.717) is 18.8 Å². The molecule has 0 amide bonds. The van der Waals surface area contributed by atoms with Crippen LogP contribution >= 0.6 is 0 Å². The van der Waals surface area contributed by atoms with Crippen LogP contribution in [0.3, 0.4) is 0 Å². The molecule has 3 N–H and O–H groups in total. The van der Waals surface area contributed by atoms with Crippen molar-refractivity contribution in [2.45, 2.75) is 19.8 Å². The number of hydrogen-bond donors (Lipinski definition) is 2. The number of quaternary nitrogens is 1. The van der Waals surface area contributed by atoms with E-state index < -0.39 is 9.80 Å². The van der Waals surface area contributed by atoms with Gasteiger partial charge in [0.05, 0.1) is 37.0 Å². The summed E-state index contributed by atoms with van der Waals surface area (Å²) in [7, 11) is 1.36. The predicted octanol–water partition coefficient (Wildman–Crippen LogP) is 0.966. The van der Waals surface area contributed by atoms with Crippen molar-refractivity contribution in [2.24, 2.45) is 10.7 Å². The monoisotopic (exact) mass is 290 g/mol. The van der Waals surface area contributed by atoms with E-state index in [9.17, 15) is 4.21 Å². The van der Waals surface area contributed by atoms with Crippen LogP contribution in [-0.2, 0) is 9.80 Å². The first-order chi connectivity index (χ1) is 8.53. The first-order valence-corrected chi connectivity index (χ1v) is 8.24. The van der Waals surface area contributed by atoms with Crippen molar-refractivity contribution in [3.05, 3.63) is 12.2 Å². The summed E-state index contributed by atoms with van der Waals surface area (Å²) in [5.41, 5.74) is 6.47. The molecule has 0 aliphatic carbocycles. The Hall–Kier alpha value is -0.850. The summed E-state index contributed by atoms with van der Waals surface area (Å²) in [4.78, 5) is 4.24. The average molecular weight is 290 g/mol. The minimum absolute atomic E-state index is 0.259. The van der Waals surface area contributed by atoms with Crippen molar-refractivity contribution in [1.82, 2.24) is 0 Å². The fraction of sp³-hybridized carbons (Fsp3) is 0.692. The van der Waals surface area contributed by atoms with Crippen LogP contribution in [0.2, 0.25) is 0 Å². The number of amidine groups is 1. The molecule has 0 heterocycles. The molecule has 19 heavy (non-hydrogen) atoms. The van der Waals surface area contributed by atoms with Crippen LogP contribution in [0.4, 0.5) is 0 Å². The molecule has 0 saturated heterocycles. The van der Waals surface area contributed by atoms with Crippen LogP contribution in [0.25, 0.3) is 0 Å². The second-order valence-corrected chi connectivity index (χ2v) is 7.57. The van der Waals surface area contributed by atoms with Crippen molar-refractivity contribution in [3.8, 4) is 0 Å². The lowest BCUT2D eigenvalue weighted by Crippen LogP contribution is -2.42. The molecule has 0 saturated carbocycles. The largest absolute Gasteiger partial charge is 0.384 e. The zero-order chi connectivity index (χ0) is 15.1. The molecule has 0 spiro atoms. The summed E-state index contributed by atoms with van der Waals surface area (Å²) in [6.45, 7) is 8.06. The molecule has 0 rings (SSSR count). The normalized spacial score (nSPS) is 16.1. The Bertz CT molecular complexity index is 425. The zero-order valence-corrected chi connectivity index (χ0v) is 13.2. The topological polar surface area (TPSA) is 75.7 Å². The second-order valence-electron chi connectivity index (χ2n) is 5.61. The molecule has 0 bridgehead atoms. The minimum Gasteiger partial charge on any atom is -0.384 e. The van der Waals surface area contributed by atoms with Crippen molar-refractivity contribution < 1.29 is 13.2 Å². The smallest absolute Gasteiger partial charge is 0.120 e. The molecule has 0 radical (unpaired) electrons. The Labute approximate surface area is 117 Å². The van der Waals surface area contributed by atoms with Crippen molar-refractivity contribution in [3.63, 3.8) is 0 Å². The minimum atomic E-state index is -2.85. The van der Waals surface area contributed by atoms with Gasteiger partial charge >= 0.3 is 0 Å². The van der Waals surface area contributed by atoms with Crippen LogP contribution in [-0.4, -0.2) is 64.4 Å². The van der Waals surface area contributed by atoms with Crippen molar-refractivity contribution in [2.75, 3.05) is 39.5 Å². The highest BCUT2D eigenvalue weighted by Gasteiger charge is 2.14. The summed E-state index contributed by atoms with van der Waals surface area (Å²) < 4.78 is 21.0. The van der Waals surface area contributed by atoms with Crippen LogP contribution in [0.1, 0.15) is 19.8 Å². The standard InChI is InChI=1S/C13H27N3O2S/c1-12(2)13(14)15-8-6-9-16(3,4)10-7-11-19(5,17)18/h1,5-11H2,2-4H3,(H2-,14,15,17,18)/p+1. The lowest BCUT2D eigenvalue weighted by Gasteiger charge is -2.29. The maximum atomic E-state index is 11.1. The van der Waals surface area contributed by atoms with Gasteiger partial charge in [-0.2, -0.15) is 0 Å². The highest BCUT2D eigenvalue weighted by Crippen LogP contribution is 2.03. The van der Waals surface area contributed by atoms with Crippen LogP contribution in [0.15, 0.2) is 17.1 Å². The molecule has 0 fully saturated rings. The number of rotatable bonds is 9. The first kappa shape index (κ1) is 18.1. The van der Waals surface area contributed by atoms with E-state index in [1.54, 1.807) is 0 Å². The Morgan fingerprint density at radius 1 is 1.37 bits per heavy atom. The van der Waals surface area contributed by atoms with Crippen LogP contribution in [0, 0.1) is 0 Å². The van der Waals surface area contributed by atoms with Gasteiger partial charge in [-0.3, -0.25) is 4.99 Å². The molecule has 0 aromatic heterocycles. The summed E-state index contributed by atoms with van der Waals surface area (Å²) in [5.74, 6) is 4.01. The molecular formula is C13H28N3O2S+. The van der Waals surface area contributed by atoms with Gasteiger partial charge in [0.2, 0.25) is 0 Å². The van der Waals surface area contributed by atoms with Gasteiger partial charge in [-0.25, -0.2) is 4.21 Å². The fourth-order valence-electron chi connectivity index (χ4n) is 1.66. The van der Waals surface area contributed by atoms with E-state index in [2.05, 4.69) is 31.5 Å². The third kappa shape index (κ3) is 10.7. The van der Waals surface area contributed by atoms with E-state index in [1.807, 2.05) is 6.92 Å². The molecule has 5 nitrogen and oxygen atoms in total. The van der Waals surface area contributed by atoms with E-state index in [1.165, 1.54) is 0 Å². The lowest BCUT2D eigenvalue weighted by atomic mass is 10.3. The van der Waals surface area contributed by atoms with Gasteiger partial charge in [-0.05, 0) is 18.4 Å². The molecular weight excluding hydrogens is 262 g/mol. The van der Waals surface area contributed by atoms with Crippen LogP contribution < -0.4 is 5.73 Å². The van der Waals surface area contributed by atoms with Crippen LogP contribution in [0.5, 0.6) is 0 Å². The summed E-state index contributed by atoms with van der Waals surface area (Å²) in [6, 6.07) is 0. The molecule has 0 aromatic carbocycles. The maximum absolute atomic E-state index is 11.1. The predicted molar refractivity (Wildman–Crippen MR) is 85.1 cm³/mol. The highest BCUT2D eigenvalue weighted by atomic mass is 32.2. The number of nitrogens with two attached hydrogens (primary N) is 1. The maximum Gasteiger partial charge on any atom is 0.120 e. The Balaban J connectivity index is 3.97. The van der Waals surface area contributed by atoms with Gasteiger partial charge in [-0.15, -0.1) is 0 Å².